The molecule has 0 aromatic carbocycles. The molecule has 0 unspecified atom stereocenters. The number of rotatable bonds is 5. The molecule has 0 saturated heterocycles. The Hall–Kier alpha value is -1.90. The van der Waals surface area contributed by atoms with Gasteiger partial charge in [0.05, 0.1) is 12.8 Å². The summed E-state index contributed by atoms with van der Waals surface area (Å²) in [5.41, 5.74) is 7.07. The van der Waals surface area contributed by atoms with Gasteiger partial charge in [0.1, 0.15) is 5.69 Å². The molecule has 1 amide bonds. The maximum atomic E-state index is 11.4. The lowest BCUT2D eigenvalue weighted by atomic mass is 10.2. The average molecular weight is 331 g/mol. The van der Waals surface area contributed by atoms with E-state index in [1.807, 2.05) is 0 Å². The topological polar surface area (TPSA) is 110 Å². The van der Waals surface area contributed by atoms with Crippen molar-refractivity contribution in [2.75, 3.05) is 19.0 Å². The number of anilines is 1. The van der Waals surface area contributed by atoms with Crippen LogP contribution in [0.2, 0.25) is 0 Å². The number of nitrogens with one attached hydrogen (secondary N) is 2. The van der Waals surface area contributed by atoms with E-state index in [1.165, 1.54) is 18.4 Å². The molecular weight excluding hydrogens is 316 g/mol. The van der Waals surface area contributed by atoms with Crippen LogP contribution in [0.1, 0.15) is 16.9 Å². The zero-order valence-electron chi connectivity index (χ0n) is 11.2. The Morgan fingerprint density at radius 2 is 2.29 bits per heavy atom. The lowest BCUT2D eigenvalue weighted by Gasteiger charge is -1.98. The third-order valence-electron chi connectivity index (χ3n) is 2.51. The van der Waals surface area contributed by atoms with Crippen LogP contribution in [0.15, 0.2) is 17.6 Å². The maximum absolute atomic E-state index is 11.4. The maximum Gasteiger partial charge on any atom is 0.354 e. The van der Waals surface area contributed by atoms with E-state index in [0.29, 0.717) is 23.1 Å². The Kier molecular flexibility index (Phi) is 6.35. The predicted molar refractivity (Wildman–Crippen MR) is 82.8 cm³/mol. The van der Waals surface area contributed by atoms with Gasteiger partial charge in [-0.15, -0.1) is 23.7 Å². The molecule has 0 aliphatic heterocycles. The van der Waals surface area contributed by atoms with E-state index in [2.05, 4.69) is 20.0 Å². The Morgan fingerprint density at radius 3 is 2.95 bits per heavy atom. The second-order valence-corrected chi connectivity index (χ2v) is 4.78. The first-order valence-electron chi connectivity index (χ1n) is 5.86. The molecule has 0 aliphatic rings. The van der Waals surface area contributed by atoms with Gasteiger partial charge in [0.2, 0.25) is 5.91 Å². The van der Waals surface area contributed by atoms with Crippen LogP contribution in [0.3, 0.4) is 0 Å². The highest BCUT2D eigenvalue weighted by Crippen LogP contribution is 2.25. The van der Waals surface area contributed by atoms with E-state index in [4.69, 9.17) is 5.73 Å². The molecule has 114 valence electrons. The van der Waals surface area contributed by atoms with Gasteiger partial charge in [0.25, 0.3) is 0 Å². The zero-order chi connectivity index (χ0) is 14.5. The Labute approximate surface area is 131 Å². The quantitative estimate of drug-likeness (QED) is 0.722. The lowest BCUT2D eigenvalue weighted by molar-refractivity contribution is -0.116. The largest absolute Gasteiger partial charge is 0.464 e. The Bertz CT molecular complexity index is 626. The summed E-state index contributed by atoms with van der Waals surface area (Å²) in [6.45, 7) is 0.296. The molecule has 9 heteroatoms. The molecule has 7 nitrogen and oxygen atoms in total. The van der Waals surface area contributed by atoms with E-state index in [0.717, 1.165) is 5.56 Å². The molecule has 0 bridgehead atoms. The normalized spacial score (nSPS) is 9.81. The molecule has 2 heterocycles. The zero-order valence-corrected chi connectivity index (χ0v) is 12.8. The van der Waals surface area contributed by atoms with Crippen LogP contribution in [-0.2, 0) is 9.53 Å². The minimum Gasteiger partial charge on any atom is -0.464 e. The average Bonchev–Trinajstić information content (AvgIpc) is 3.06. The summed E-state index contributed by atoms with van der Waals surface area (Å²) in [5, 5.41) is 4.95. The van der Waals surface area contributed by atoms with Gasteiger partial charge >= 0.3 is 5.97 Å². The number of halogens is 1. The highest BCUT2D eigenvalue weighted by atomic mass is 35.5. The van der Waals surface area contributed by atoms with Gasteiger partial charge in [0, 0.05) is 30.1 Å². The van der Waals surface area contributed by atoms with E-state index in [9.17, 15) is 9.59 Å². The molecule has 0 atom stereocenters. The summed E-state index contributed by atoms with van der Waals surface area (Å²) in [7, 11) is 1.32. The Balaban J connectivity index is 0.00000220. The number of carbonyl (C=O) groups excluding carboxylic acids is 2. The molecule has 21 heavy (non-hydrogen) atoms. The van der Waals surface area contributed by atoms with E-state index in [-0.39, 0.29) is 24.7 Å². The molecule has 0 spiro atoms. The fourth-order valence-corrected chi connectivity index (χ4v) is 2.28. The molecule has 2 aromatic heterocycles. The monoisotopic (exact) mass is 330 g/mol. The number of nitrogens with zero attached hydrogens (tertiary/aromatic N) is 1. The van der Waals surface area contributed by atoms with Crippen molar-refractivity contribution in [2.45, 2.75) is 6.42 Å². The van der Waals surface area contributed by atoms with Crippen LogP contribution in [0.5, 0.6) is 0 Å². The van der Waals surface area contributed by atoms with Gasteiger partial charge in [-0.1, -0.05) is 0 Å². The minimum absolute atomic E-state index is 0. The predicted octanol–water partition coefficient (Wildman–Crippen LogP) is 1.63. The number of amides is 1. The summed E-state index contributed by atoms with van der Waals surface area (Å²) >= 11 is 1.31. The summed E-state index contributed by atoms with van der Waals surface area (Å²) < 4.78 is 4.61. The van der Waals surface area contributed by atoms with Crippen molar-refractivity contribution in [2.24, 2.45) is 5.73 Å². The summed E-state index contributed by atoms with van der Waals surface area (Å²) in [6, 6.07) is 1.65. The number of aromatic amines is 1. The summed E-state index contributed by atoms with van der Waals surface area (Å²) in [5.74, 6) is -0.610. The fourth-order valence-electron chi connectivity index (χ4n) is 1.55. The number of ether oxygens (including phenoxy) is 1. The third-order valence-corrected chi connectivity index (χ3v) is 3.26. The number of H-pyrrole nitrogens is 1. The number of aromatic nitrogens is 2. The number of thiazole rings is 1. The van der Waals surface area contributed by atoms with E-state index >= 15 is 0 Å². The summed E-state index contributed by atoms with van der Waals surface area (Å²) in [4.78, 5) is 29.8. The number of hydrogen-bond acceptors (Lipinski definition) is 6. The van der Waals surface area contributed by atoms with Gasteiger partial charge in [0.15, 0.2) is 5.13 Å². The van der Waals surface area contributed by atoms with Crippen molar-refractivity contribution < 1.29 is 14.3 Å². The number of nitrogens with two attached hydrogens (primary N) is 1. The minimum atomic E-state index is -0.442. The van der Waals surface area contributed by atoms with Crippen molar-refractivity contribution in [3.05, 3.63) is 23.3 Å². The smallest absolute Gasteiger partial charge is 0.354 e. The number of carbonyl (C=O) groups is 2. The lowest BCUT2D eigenvalue weighted by Crippen LogP contribution is -2.15. The first-order valence-corrected chi connectivity index (χ1v) is 6.74. The van der Waals surface area contributed by atoms with E-state index < -0.39 is 5.97 Å². The van der Waals surface area contributed by atoms with Crippen LogP contribution >= 0.6 is 23.7 Å². The molecule has 0 fully saturated rings. The molecule has 0 radical (unpaired) electrons. The van der Waals surface area contributed by atoms with Crippen LogP contribution in [0.25, 0.3) is 11.3 Å². The van der Waals surface area contributed by atoms with E-state index in [1.54, 1.807) is 17.6 Å². The standard InChI is InChI=1S/C12H14N4O3S.ClH/c1-19-11(18)8-4-7(5-14-8)9-6-20-12(15-9)16-10(17)2-3-13;/h4-6,14H,2-3,13H2,1H3,(H,15,16,17);1H. The number of hydrogen-bond donors (Lipinski definition) is 3. The van der Waals surface area contributed by atoms with Gasteiger partial charge < -0.3 is 20.8 Å². The first kappa shape index (κ1) is 17.2. The summed E-state index contributed by atoms with van der Waals surface area (Å²) in [6.07, 6.45) is 1.92. The van der Waals surface area contributed by atoms with Crippen LogP contribution in [-0.4, -0.2) is 35.5 Å². The number of esters is 1. The third kappa shape index (κ3) is 4.28. The fraction of sp³-hybridized carbons (Fsp3) is 0.250. The van der Waals surface area contributed by atoms with Crippen LogP contribution in [0, 0.1) is 0 Å². The van der Waals surface area contributed by atoms with Gasteiger partial charge in [-0.05, 0) is 6.07 Å². The molecule has 4 N–H and O–H groups in total. The van der Waals surface area contributed by atoms with Crippen molar-refractivity contribution in [1.29, 1.82) is 0 Å². The Morgan fingerprint density at radius 1 is 1.52 bits per heavy atom. The molecule has 2 aromatic rings. The molecule has 0 saturated carbocycles. The second kappa shape index (κ2) is 7.77. The SMILES string of the molecule is COC(=O)c1cc(-c2csc(NC(=O)CCN)n2)c[nH]1.Cl. The van der Waals surface area contributed by atoms with Crippen LogP contribution in [0.4, 0.5) is 5.13 Å². The molecule has 2 rings (SSSR count). The highest BCUT2D eigenvalue weighted by Gasteiger charge is 2.12. The van der Waals surface area contributed by atoms with Crippen molar-refractivity contribution in [3.8, 4) is 11.3 Å². The molecule has 0 aliphatic carbocycles. The van der Waals surface area contributed by atoms with Crippen molar-refractivity contribution in [3.63, 3.8) is 0 Å². The number of methoxy groups -OCH3 is 1. The van der Waals surface area contributed by atoms with Crippen molar-refractivity contribution >= 4 is 40.8 Å². The first-order chi connectivity index (χ1) is 9.63. The van der Waals surface area contributed by atoms with Crippen molar-refractivity contribution in [1.82, 2.24) is 9.97 Å². The second-order valence-electron chi connectivity index (χ2n) is 3.92. The van der Waals surface area contributed by atoms with Gasteiger partial charge in [-0.3, -0.25) is 4.79 Å². The van der Waals surface area contributed by atoms with Gasteiger partial charge in [-0.2, -0.15) is 0 Å². The molecular formula is C12H15ClN4O3S. The highest BCUT2D eigenvalue weighted by molar-refractivity contribution is 7.14. The van der Waals surface area contributed by atoms with Gasteiger partial charge in [-0.25, -0.2) is 9.78 Å². The van der Waals surface area contributed by atoms with Crippen LogP contribution < -0.4 is 11.1 Å².